The van der Waals surface area contributed by atoms with Crippen LogP contribution in [0.1, 0.15) is 66.2 Å². The summed E-state index contributed by atoms with van der Waals surface area (Å²) in [6.45, 7) is 9.96. The van der Waals surface area contributed by atoms with Crippen molar-refractivity contribution in [1.82, 2.24) is 0 Å². The van der Waals surface area contributed by atoms with Crippen molar-refractivity contribution in [2.75, 3.05) is 5.75 Å². The maximum atomic E-state index is 2.49. The van der Waals surface area contributed by atoms with Crippen LogP contribution in [0.3, 0.4) is 0 Å². The van der Waals surface area contributed by atoms with Crippen molar-refractivity contribution in [2.45, 2.75) is 71.5 Å². The normalized spacial score (nSPS) is 46.0. The van der Waals surface area contributed by atoms with E-state index < -0.39 is 0 Å². The van der Waals surface area contributed by atoms with Crippen LogP contribution in [0.25, 0.3) is 0 Å². The molecule has 0 aliphatic heterocycles. The Morgan fingerprint density at radius 1 is 0.722 bits per heavy atom. The van der Waals surface area contributed by atoms with E-state index in [0.717, 1.165) is 34.8 Å². The summed E-state index contributed by atoms with van der Waals surface area (Å²) in [5, 5.41) is 0.945. The molecule has 0 amide bonds. The summed E-state index contributed by atoms with van der Waals surface area (Å²) in [5.74, 6) is 6.26. The molecule has 2 aliphatic rings. The minimum atomic E-state index is 0.945. The van der Waals surface area contributed by atoms with Crippen LogP contribution in [0.5, 0.6) is 0 Å². The molecule has 0 aromatic heterocycles. The van der Waals surface area contributed by atoms with Gasteiger partial charge in [-0.1, -0.05) is 53.4 Å². The van der Waals surface area contributed by atoms with E-state index in [1.807, 2.05) is 0 Å². The molecule has 0 aromatic rings. The zero-order valence-electron chi connectivity index (χ0n) is 12.8. The van der Waals surface area contributed by atoms with Gasteiger partial charge in [-0.3, -0.25) is 0 Å². The van der Waals surface area contributed by atoms with E-state index in [-0.39, 0.29) is 0 Å². The largest absolute Gasteiger partial charge is 0.158 e. The molecule has 2 saturated carbocycles. The van der Waals surface area contributed by atoms with Gasteiger partial charge >= 0.3 is 0 Å². The molecule has 0 spiro atoms. The first-order valence-corrected chi connectivity index (χ1v) is 9.26. The van der Waals surface area contributed by atoms with Crippen LogP contribution in [0.4, 0.5) is 0 Å². The van der Waals surface area contributed by atoms with Crippen LogP contribution in [0.2, 0.25) is 0 Å². The Morgan fingerprint density at radius 3 is 1.67 bits per heavy atom. The van der Waals surface area contributed by atoms with Crippen LogP contribution in [0, 0.1) is 29.6 Å². The molecule has 0 N–H and O–H groups in total. The summed E-state index contributed by atoms with van der Waals surface area (Å²) in [5.41, 5.74) is 0. The van der Waals surface area contributed by atoms with Gasteiger partial charge in [-0.25, -0.2) is 0 Å². The highest BCUT2D eigenvalue weighted by Gasteiger charge is 2.32. The molecule has 106 valence electrons. The van der Waals surface area contributed by atoms with Crippen LogP contribution in [-0.4, -0.2) is 11.0 Å². The van der Waals surface area contributed by atoms with Crippen LogP contribution in [0.15, 0.2) is 0 Å². The summed E-state index contributed by atoms with van der Waals surface area (Å²) in [6, 6.07) is 0. The second-order valence-corrected chi connectivity index (χ2v) is 8.44. The van der Waals surface area contributed by atoms with Gasteiger partial charge in [0.1, 0.15) is 0 Å². The van der Waals surface area contributed by atoms with E-state index in [9.17, 15) is 0 Å². The van der Waals surface area contributed by atoms with Crippen molar-refractivity contribution in [3.63, 3.8) is 0 Å². The number of hydrogen-bond acceptors (Lipinski definition) is 1. The molecule has 0 heterocycles. The first-order valence-electron chi connectivity index (χ1n) is 8.21. The van der Waals surface area contributed by atoms with Crippen molar-refractivity contribution in [3.05, 3.63) is 0 Å². The zero-order chi connectivity index (χ0) is 13.1. The minimum Gasteiger partial charge on any atom is -0.158 e. The molecule has 4 atom stereocenters. The van der Waals surface area contributed by atoms with Crippen LogP contribution >= 0.6 is 11.8 Å². The quantitative estimate of drug-likeness (QED) is 0.640. The highest BCUT2D eigenvalue weighted by molar-refractivity contribution is 7.99. The summed E-state index contributed by atoms with van der Waals surface area (Å²) >= 11 is 2.33. The van der Waals surface area contributed by atoms with Crippen molar-refractivity contribution >= 4 is 11.8 Å². The molecular weight excluding hydrogens is 236 g/mol. The second kappa shape index (κ2) is 6.68. The monoisotopic (exact) mass is 268 g/mol. The van der Waals surface area contributed by atoms with Crippen molar-refractivity contribution in [1.29, 1.82) is 0 Å². The maximum Gasteiger partial charge on any atom is 0.00984 e. The summed E-state index contributed by atoms with van der Waals surface area (Å²) in [7, 11) is 0. The number of rotatable bonds is 3. The van der Waals surface area contributed by atoms with E-state index in [1.54, 1.807) is 0 Å². The predicted octanol–water partition coefficient (Wildman–Crippen LogP) is 5.62. The van der Waals surface area contributed by atoms with Crippen molar-refractivity contribution in [3.8, 4) is 0 Å². The van der Waals surface area contributed by atoms with Gasteiger partial charge in [0.25, 0.3) is 0 Å². The Bertz CT molecular complexity index is 204. The van der Waals surface area contributed by atoms with Gasteiger partial charge in [-0.05, 0) is 48.2 Å². The average Bonchev–Trinajstić information content (AvgIpc) is 2.31. The highest BCUT2D eigenvalue weighted by atomic mass is 32.2. The third-order valence-corrected chi connectivity index (χ3v) is 7.59. The molecule has 0 saturated heterocycles. The molecule has 4 unspecified atom stereocenters. The van der Waals surface area contributed by atoms with Gasteiger partial charge in [0, 0.05) is 5.25 Å². The second-order valence-electron chi connectivity index (χ2n) is 7.23. The molecule has 18 heavy (non-hydrogen) atoms. The number of thioether (sulfide) groups is 1. The first-order chi connectivity index (χ1) is 8.59. The fourth-order valence-electron chi connectivity index (χ4n) is 4.28. The van der Waals surface area contributed by atoms with Gasteiger partial charge in [0.15, 0.2) is 0 Å². The van der Waals surface area contributed by atoms with E-state index in [4.69, 9.17) is 0 Å². The Morgan fingerprint density at radius 2 is 1.17 bits per heavy atom. The van der Waals surface area contributed by atoms with Crippen LogP contribution < -0.4 is 0 Å². The fourth-order valence-corrected chi connectivity index (χ4v) is 6.31. The summed E-state index contributed by atoms with van der Waals surface area (Å²) < 4.78 is 0. The molecule has 0 nitrogen and oxygen atoms in total. The Balaban J connectivity index is 1.85. The lowest BCUT2D eigenvalue weighted by molar-refractivity contribution is 0.201. The number of hydrogen-bond donors (Lipinski definition) is 0. The minimum absolute atomic E-state index is 0.945. The third kappa shape index (κ3) is 3.46. The molecule has 2 aliphatic carbocycles. The molecule has 0 radical (unpaired) electrons. The van der Waals surface area contributed by atoms with Crippen molar-refractivity contribution in [2.24, 2.45) is 29.6 Å². The predicted molar refractivity (Wildman–Crippen MR) is 84.1 cm³/mol. The molecular formula is C17H32S. The smallest absolute Gasteiger partial charge is 0.00984 e. The lowest BCUT2D eigenvalue weighted by atomic mass is 9.75. The SMILES string of the molecule is CC1CCCC(C)C1CSC1C(C)CCCC1C. The lowest BCUT2D eigenvalue weighted by Gasteiger charge is -2.38. The van der Waals surface area contributed by atoms with Gasteiger partial charge < -0.3 is 0 Å². The third-order valence-electron chi connectivity index (χ3n) is 5.70. The standard InChI is InChI=1S/C17H32S/c1-12-7-5-8-13(2)16(12)11-18-17-14(3)9-6-10-15(17)4/h12-17H,5-11H2,1-4H3. The maximum absolute atomic E-state index is 2.49. The van der Waals surface area contributed by atoms with E-state index in [0.29, 0.717) is 0 Å². The Hall–Kier alpha value is 0.350. The zero-order valence-corrected chi connectivity index (χ0v) is 13.6. The van der Waals surface area contributed by atoms with Gasteiger partial charge in [-0.15, -0.1) is 0 Å². The van der Waals surface area contributed by atoms with Gasteiger partial charge in [0.2, 0.25) is 0 Å². The average molecular weight is 269 g/mol. The molecule has 2 fully saturated rings. The first kappa shape index (κ1) is 14.8. The summed E-state index contributed by atoms with van der Waals surface area (Å²) in [4.78, 5) is 0. The topological polar surface area (TPSA) is 0 Å². The highest BCUT2D eigenvalue weighted by Crippen LogP contribution is 2.42. The molecule has 2 rings (SSSR count). The van der Waals surface area contributed by atoms with Crippen LogP contribution in [-0.2, 0) is 0 Å². The van der Waals surface area contributed by atoms with Gasteiger partial charge in [-0.2, -0.15) is 11.8 Å². The Labute approximate surface area is 119 Å². The molecule has 1 heteroatoms. The lowest BCUT2D eigenvalue weighted by Crippen LogP contribution is -2.31. The fraction of sp³-hybridized carbons (Fsp3) is 1.00. The van der Waals surface area contributed by atoms with E-state index >= 15 is 0 Å². The van der Waals surface area contributed by atoms with E-state index in [2.05, 4.69) is 39.5 Å². The van der Waals surface area contributed by atoms with Gasteiger partial charge in [0.05, 0.1) is 0 Å². The van der Waals surface area contributed by atoms with Crippen molar-refractivity contribution < 1.29 is 0 Å². The Kier molecular flexibility index (Phi) is 5.47. The molecule has 0 aromatic carbocycles. The van der Waals surface area contributed by atoms with E-state index in [1.165, 1.54) is 44.3 Å². The summed E-state index contributed by atoms with van der Waals surface area (Å²) in [6.07, 6.45) is 8.83. The molecule has 0 bridgehead atoms.